The number of carboxylic acid groups (broad SMARTS) is 1. The molecule has 0 spiro atoms. The Morgan fingerprint density at radius 1 is 1.28 bits per heavy atom. The summed E-state index contributed by atoms with van der Waals surface area (Å²) in [5.74, 6) is -1.20. The van der Waals surface area contributed by atoms with Gasteiger partial charge in [0.05, 0.1) is 6.61 Å². The highest BCUT2D eigenvalue weighted by Gasteiger charge is 2.47. The van der Waals surface area contributed by atoms with E-state index >= 15 is 0 Å². The van der Waals surface area contributed by atoms with Crippen molar-refractivity contribution in [3.63, 3.8) is 0 Å². The first-order valence-electron chi connectivity index (χ1n) is 5.92. The van der Waals surface area contributed by atoms with E-state index in [0.717, 1.165) is 6.42 Å². The predicted octanol–water partition coefficient (Wildman–Crippen LogP) is -1.06. The molecule has 7 heteroatoms. The normalized spacial score (nSPS) is 38.4. The second-order valence-electron chi connectivity index (χ2n) is 4.58. The number of aliphatic hydroxyl groups is 3. The standard InChI is InChI=1S/C11H20O7/c1-3-5(2)4-17-11-8(14)6(12)7(13)9(18-11)10(15)16/h5-9,11-14H,3-4H2,1-2H3,(H,15,16)/t5?,6-,7-,8+,9-,11?/m0/s1. The second kappa shape index (κ2) is 6.44. The molecule has 6 atom stereocenters. The minimum atomic E-state index is -1.68. The lowest BCUT2D eigenvalue weighted by Crippen LogP contribution is -2.60. The van der Waals surface area contributed by atoms with E-state index < -0.39 is 36.7 Å². The number of carboxylic acids is 1. The maximum atomic E-state index is 10.8. The Kier molecular flexibility index (Phi) is 5.48. The molecule has 0 radical (unpaired) electrons. The molecule has 1 fully saturated rings. The van der Waals surface area contributed by atoms with Crippen LogP contribution in [0.1, 0.15) is 20.3 Å². The van der Waals surface area contributed by atoms with E-state index in [4.69, 9.17) is 14.6 Å². The number of hydrogen-bond donors (Lipinski definition) is 4. The highest BCUT2D eigenvalue weighted by atomic mass is 16.7. The van der Waals surface area contributed by atoms with E-state index in [2.05, 4.69) is 0 Å². The number of aliphatic carboxylic acids is 1. The van der Waals surface area contributed by atoms with Crippen LogP contribution in [0, 0.1) is 5.92 Å². The molecule has 0 saturated carbocycles. The molecule has 0 aromatic carbocycles. The molecule has 0 amide bonds. The molecule has 1 aliphatic heterocycles. The highest BCUT2D eigenvalue weighted by molar-refractivity contribution is 5.73. The van der Waals surface area contributed by atoms with Crippen molar-refractivity contribution < 1.29 is 34.7 Å². The molecule has 2 unspecified atom stereocenters. The van der Waals surface area contributed by atoms with Crippen molar-refractivity contribution in [3.05, 3.63) is 0 Å². The van der Waals surface area contributed by atoms with Gasteiger partial charge in [0.25, 0.3) is 0 Å². The molecule has 1 rings (SSSR count). The zero-order valence-corrected chi connectivity index (χ0v) is 10.4. The van der Waals surface area contributed by atoms with Crippen LogP contribution in [-0.2, 0) is 14.3 Å². The number of aliphatic hydroxyl groups excluding tert-OH is 3. The van der Waals surface area contributed by atoms with Gasteiger partial charge in [-0.2, -0.15) is 0 Å². The average molecular weight is 264 g/mol. The zero-order valence-electron chi connectivity index (χ0n) is 10.4. The maximum Gasteiger partial charge on any atom is 0.335 e. The van der Waals surface area contributed by atoms with Gasteiger partial charge >= 0.3 is 5.97 Å². The Labute approximate surface area is 105 Å². The molecule has 0 aromatic heterocycles. The predicted molar refractivity (Wildman–Crippen MR) is 59.7 cm³/mol. The molecular weight excluding hydrogens is 244 g/mol. The summed E-state index contributed by atoms with van der Waals surface area (Å²) >= 11 is 0. The molecule has 1 heterocycles. The van der Waals surface area contributed by atoms with Gasteiger partial charge in [-0.15, -0.1) is 0 Å². The molecule has 106 valence electrons. The van der Waals surface area contributed by atoms with Crippen LogP contribution in [-0.4, -0.2) is 63.7 Å². The topological polar surface area (TPSA) is 116 Å². The molecule has 0 bridgehead atoms. The summed E-state index contributed by atoms with van der Waals surface area (Å²) in [4.78, 5) is 10.8. The van der Waals surface area contributed by atoms with Crippen molar-refractivity contribution in [2.24, 2.45) is 5.92 Å². The van der Waals surface area contributed by atoms with Gasteiger partial charge in [0.2, 0.25) is 0 Å². The molecule has 1 aliphatic rings. The number of rotatable bonds is 5. The second-order valence-corrected chi connectivity index (χ2v) is 4.58. The minimum Gasteiger partial charge on any atom is -0.479 e. The Morgan fingerprint density at radius 3 is 2.39 bits per heavy atom. The summed E-state index contributed by atoms with van der Waals surface area (Å²) in [6.07, 6.45) is -6.76. The molecule has 7 nitrogen and oxygen atoms in total. The van der Waals surface area contributed by atoms with Crippen molar-refractivity contribution in [2.75, 3.05) is 6.61 Å². The number of carbonyl (C=O) groups is 1. The van der Waals surface area contributed by atoms with Crippen molar-refractivity contribution in [1.29, 1.82) is 0 Å². The highest BCUT2D eigenvalue weighted by Crippen LogP contribution is 2.23. The van der Waals surface area contributed by atoms with E-state index in [0.29, 0.717) is 0 Å². The zero-order chi connectivity index (χ0) is 13.9. The SMILES string of the molecule is CCC(C)COC1O[C@H](C(=O)O)[C@@H](O)[C@H](O)[C@H]1O. The lowest BCUT2D eigenvalue weighted by molar-refractivity contribution is -0.296. The quantitative estimate of drug-likeness (QED) is 0.500. The summed E-state index contributed by atoms with van der Waals surface area (Å²) < 4.78 is 10.2. The largest absolute Gasteiger partial charge is 0.479 e. The molecular formula is C11H20O7. The van der Waals surface area contributed by atoms with Gasteiger partial charge in [-0.1, -0.05) is 20.3 Å². The summed E-state index contributed by atoms with van der Waals surface area (Å²) in [5, 5.41) is 37.4. The van der Waals surface area contributed by atoms with E-state index in [-0.39, 0.29) is 12.5 Å². The minimum absolute atomic E-state index is 0.216. The molecule has 4 N–H and O–H groups in total. The van der Waals surface area contributed by atoms with E-state index in [1.54, 1.807) is 0 Å². The van der Waals surface area contributed by atoms with Gasteiger partial charge in [0.15, 0.2) is 12.4 Å². The molecule has 1 saturated heterocycles. The van der Waals surface area contributed by atoms with Crippen LogP contribution >= 0.6 is 0 Å². The fraction of sp³-hybridized carbons (Fsp3) is 0.909. The molecule has 0 aliphatic carbocycles. The van der Waals surface area contributed by atoms with Crippen LogP contribution in [0.4, 0.5) is 0 Å². The van der Waals surface area contributed by atoms with Gasteiger partial charge in [-0.3, -0.25) is 0 Å². The molecule has 18 heavy (non-hydrogen) atoms. The summed E-state index contributed by atoms with van der Waals surface area (Å²) in [5.41, 5.74) is 0. The van der Waals surface area contributed by atoms with E-state index in [1.165, 1.54) is 0 Å². The van der Waals surface area contributed by atoms with Crippen molar-refractivity contribution in [1.82, 2.24) is 0 Å². The lowest BCUT2D eigenvalue weighted by atomic mass is 9.99. The number of ether oxygens (including phenoxy) is 2. The van der Waals surface area contributed by atoms with Gasteiger partial charge < -0.3 is 29.9 Å². The smallest absolute Gasteiger partial charge is 0.335 e. The van der Waals surface area contributed by atoms with Crippen LogP contribution in [0.3, 0.4) is 0 Å². The van der Waals surface area contributed by atoms with Crippen LogP contribution < -0.4 is 0 Å². The van der Waals surface area contributed by atoms with Crippen LogP contribution in [0.25, 0.3) is 0 Å². The van der Waals surface area contributed by atoms with Gasteiger partial charge in [0, 0.05) is 0 Å². The first kappa shape index (κ1) is 15.3. The van der Waals surface area contributed by atoms with Crippen LogP contribution in [0.2, 0.25) is 0 Å². The van der Waals surface area contributed by atoms with Crippen molar-refractivity contribution >= 4 is 5.97 Å². The first-order chi connectivity index (χ1) is 8.38. The van der Waals surface area contributed by atoms with Crippen molar-refractivity contribution in [2.45, 2.75) is 51.0 Å². The maximum absolute atomic E-state index is 10.8. The Morgan fingerprint density at radius 2 is 1.89 bits per heavy atom. The Balaban J connectivity index is 2.64. The van der Waals surface area contributed by atoms with Crippen molar-refractivity contribution in [3.8, 4) is 0 Å². The third-order valence-electron chi connectivity index (χ3n) is 3.05. The van der Waals surface area contributed by atoms with Gasteiger partial charge in [-0.05, 0) is 5.92 Å². The fourth-order valence-electron chi connectivity index (χ4n) is 1.57. The summed E-state index contributed by atoms with van der Waals surface area (Å²) in [6, 6.07) is 0. The van der Waals surface area contributed by atoms with E-state index in [9.17, 15) is 20.1 Å². The fourth-order valence-corrected chi connectivity index (χ4v) is 1.57. The average Bonchev–Trinajstić information content (AvgIpc) is 2.34. The third-order valence-corrected chi connectivity index (χ3v) is 3.05. The summed E-state index contributed by atoms with van der Waals surface area (Å²) in [7, 11) is 0. The monoisotopic (exact) mass is 264 g/mol. The number of hydrogen-bond acceptors (Lipinski definition) is 6. The molecule has 0 aromatic rings. The Hall–Kier alpha value is -0.730. The lowest BCUT2D eigenvalue weighted by Gasteiger charge is -2.38. The van der Waals surface area contributed by atoms with Crippen LogP contribution in [0.15, 0.2) is 0 Å². The first-order valence-corrected chi connectivity index (χ1v) is 5.92. The summed E-state index contributed by atoms with van der Waals surface area (Å²) in [6.45, 7) is 4.16. The van der Waals surface area contributed by atoms with Crippen LogP contribution in [0.5, 0.6) is 0 Å². The van der Waals surface area contributed by atoms with Gasteiger partial charge in [0.1, 0.15) is 18.3 Å². The third kappa shape index (κ3) is 3.39. The van der Waals surface area contributed by atoms with E-state index in [1.807, 2.05) is 13.8 Å². The van der Waals surface area contributed by atoms with Gasteiger partial charge in [-0.25, -0.2) is 4.79 Å². The Bertz CT molecular complexity index is 283.